The highest BCUT2D eigenvalue weighted by molar-refractivity contribution is 9.10. The van der Waals surface area contributed by atoms with Crippen LogP contribution in [0.4, 0.5) is 5.69 Å². The fourth-order valence-electron chi connectivity index (χ4n) is 2.54. The number of fused-ring (bicyclic) bond motifs is 1. The highest BCUT2D eigenvalue weighted by Crippen LogP contribution is 2.26. The van der Waals surface area contributed by atoms with Crippen LogP contribution in [0.2, 0.25) is 0 Å². The van der Waals surface area contributed by atoms with Gasteiger partial charge >= 0.3 is 0 Å². The summed E-state index contributed by atoms with van der Waals surface area (Å²) in [5.74, 6) is 0.883. The number of nitrogens with zero attached hydrogens (tertiary/aromatic N) is 2. The van der Waals surface area contributed by atoms with Gasteiger partial charge in [-0.15, -0.1) is 0 Å². The number of nitrogens with one attached hydrogen (secondary N) is 1. The molecule has 1 heterocycles. The molecule has 5 heteroatoms. The first-order valence-electron chi connectivity index (χ1n) is 8.25. The van der Waals surface area contributed by atoms with Crippen molar-refractivity contribution in [1.29, 1.82) is 0 Å². The maximum absolute atomic E-state index is 5.71. The topological polar surface area (TPSA) is 36.9 Å². The number of hydrogen-bond donors (Lipinski definition) is 1. The van der Waals surface area contributed by atoms with Crippen molar-refractivity contribution in [2.24, 2.45) is 4.99 Å². The lowest BCUT2D eigenvalue weighted by molar-refractivity contribution is 0.261. The molecule has 0 amide bonds. The summed E-state index contributed by atoms with van der Waals surface area (Å²) in [6.45, 7) is 2.32. The van der Waals surface area contributed by atoms with Crippen LogP contribution in [0.25, 0.3) is 5.57 Å². The number of ether oxygens (including phenoxy) is 1. The first-order valence-corrected chi connectivity index (χ1v) is 9.04. The standard InChI is InChI=1S/C20H22BrN3O/c1-24(2)9-10-25-19-7-5-18(6-8-19)23-14-16-13-22-12-15-3-4-17(21)11-20(15)16/h3-8,11,13-14,23H,9-10,12H2,1-2H3. The lowest BCUT2D eigenvalue weighted by Crippen LogP contribution is -2.19. The fourth-order valence-corrected chi connectivity index (χ4v) is 2.90. The number of benzene rings is 2. The van der Waals surface area contributed by atoms with Crippen LogP contribution >= 0.6 is 15.9 Å². The van der Waals surface area contributed by atoms with Crippen LogP contribution in [0.15, 0.2) is 58.1 Å². The molecule has 1 aliphatic rings. The largest absolute Gasteiger partial charge is 0.492 e. The summed E-state index contributed by atoms with van der Waals surface area (Å²) in [7, 11) is 4.07. The summed E-state index contributed by atoms with van der Waals surface area (Å²) >= 11 is 3.54. The minimum absolute atomic E-state index is 0.686. The summed E-state index contributed by atoms with van der Waals surface area (Å²) in [6.07, 6.45) is 3.91. The van der Waals surface area contributed by atoms with Crippen molar-refractivity contribution in [1.82, 2.24) is 4.90 Å². The summed E-state index contributed by atoms with van der Waals surface area (Å²) in [6, 6.07) is 14.3. The van der Waals surface area contributed by atoms with Gasteiger partial charge in [-0.2, -0.15) is 0 Å². The van der Waals surface area contributed by atoms with Crippen molar-refractivity contribution >= 4 is 33.4 Å². The minimum atomic E-state index is 0.686. The smallest absolute Gasteiger partial charge is 0.119 e. The lowest BCUT2D eigenvalue weighted by atomic mass is 9.99. The molecule has 0 saturated carbocycles. The highest BCUT2D eigenvalue weighted by atomic mass is 79.9. The Morgan fingerprint density at radius 2 is 2.00 bits per heavy atom. The summed E-state index contributed by atoms with van der Waals surface area (Å²) < 4.78 is 6.79. The molecule has 0 bridgehead atoms. The van der Waals surface area contributed by atoms with E-state index >= 15 is 0 Å². The van der Waals surface area contributed by atoms with Crippen molar-refractivity contribution < 1.29 is 4.74 Å². The maximum Gasteiger partial charge on any atom is 0.119 e. The number of anilines is 1. The number of aliphatic imine (C=N–C) groups is 1. The summed E-state index contributed by atoms with van der Waals surface area (Å²) in [5, 5.41) is 3.34. The molecule has 0 atom stereocenters. The van der Waals surface area contributed by atoms with Crippen molar-refractivity contribution in [3.8, 4) is 5.75 Å². The van der Waals surface area contributed by atoms with Crippen LogP contribution in [0.3, 0.4) is 0 Å². The third-order valence-corrected chi connectivity index (χ3v) is 4.42. The Kier molecular flexibility index (Phi) is 5.89. The molecule has 25 heavy (non-hydrogen) atoms. The van der Waals surface area contributed by atoms with E-state index in [0.29, 0.717) is 6.61 Å². The molecule has 0 fully saturated rings. The predicted molar refractivity (Wildman–Crippen MR) is 108 cm³/mol. The van der Waals surface area contributed by atoms with E-state index in [1.807, 2.05) is 50.8 Å². The molecule has 2 aromatic carbocycles. The van der Waals surface area contributed by atoms with Gasteiger partial charge in [0.15, 0.2) is 0 Å². The fraction of sp³-hybridized carbons (Fsp3) is 0.250. The lowest BCUT2D eigenvalue weighted by Gasteiger charge is -2.14. The monoisotopic (exact) mass is 399 g/mol. The Labute approximate surface area is 157 Å². The summed E-state index contributed by atoms with van der Waals surface area (Å²) in [4.78, 5) is 6.53. The SMILES string of the molecule is CN(C)CCOc1ccc(NC=C2C=NCc3ccc(Br)cc32)cc1. The normalized spacial score (nSPS) is 14.6. The average molecular weight is 400 g/mol. The Hall–Kier alpha value is -2.11. The zero-order chi connectivity index (χ0) is 17.6. The second-order valence-corrected chi connectivity index (χ2v) is 7.11. The maximum atomic E-state index is 5.71. The molecule has 0 radical (unpaired) electrons. The first-order chi connectivity index (χ1) is 12.1. The minimum Gasteiger partial charge on any atom is -0.492 e. The molecule has 1 N–H and O–H groups in total. The first kappa shape index (κ1) is 17.7. The van der Waals surface area contributed by atoms with E-state index in [2.05, 4.69) is 49.3 Å². The number of halogens is 1. The van der Waals surface area contributed by atoms with Crippen LogP contribution < -0.4 is 10.1 Å². The Balaban J connectivity index is 1.65. The third-order valence-electron chi connectivity index (χ3n) is 3.93. The van der Waals surface area contributed by atoms with Crippen LogP contribution in [-0.2, 0) is 6.54 Å². The van der Waals surface area contributed by atoms with Gasteiger partial charge in [-0.3, -0.25) is 4.99 Å². The molecule has 0 spiro atoms. The van der Waals surface area contributed by atoms with Gasteiger partial charge in [-0.25, -0.2) is 0 Å². The molecule has 3 rings (SSSR count). The van der Waals surface area contributed by atoms with Crippen molar-refractivity contribution in [3.63, 3.8) is 0 Å². The van der Waals surface area contributed by atoms with Gasteiger partial charge in [0.05, 0.1) is 6.54 Å². The molecule has 0 aromatic heterocycles. The highest BCUT2D eigenvalue weighted by Gasteiger charge is 2.10. The van der Waals surface area contributed by atoms with E-state index in [1.54, 1.807) is 0 Å². The third kappa shape index (κ3) is 4.94. The molecule has 2 aromatic rings. The number of likely N-dealkylation sites (N-methyl/N-ethyl adjacent to an activating group) is 1. The Morgan fingerprint density at radius 3 is 2.76 bits per heavy atom. The van der Waals surface area contributed by atoms with Crippen LogP contribution in [0.1, 0.15) is 11.1 Å². The van der Waals surface area contributed by atoms with Gasteiger partial charge in [-0.05, 0) is 61.6 Å². The Morgan fingerprint density at radius 1 is 1.20 bits per heavy atom. The average Bonchev–Trinajstić information content (AvgIpc) is 2.61. The predicted octanol–water partition coefficient (Wildman–Crippen LogP) is 4.43. The van der Waals surface area contributed by atoms with E-state index in [0.717, 1.165) is 34.6 Å². The second-order valence-electron chi connectivity index (χ2n) is 6.19. The van der Waals surface area contributed by atoms with Gasteiger partial charge in [0, 0.05) is 34.7 Å². The van der Waals surface area contributed by atoms with Crippen molar-refractivity contribution in [3.05, 3.63) is 64.3 Å². The number of hydrogen-bond acceptors (Lipinski definition) is 4. The Bertz CT molecular complexity index is 782. The van der Waals surface area contributed by atoms with Gasteiger partial charge in [-0.1, -0.05) is 22.0 Å². The zero-order valence-corrected chi connectivity index (χ0v) is 16.1. The van der Waals surface area contributed by atoms with Crippen molar-refractivity contribution in [2.75, 3.05) is 32.6 Å². The van der Waals surface area contributed by atoms with Gasteiger partial charge < -0.3 is 15.0 Å². The molecule has 4 nitrogen and oxygen atoms in total. The molecular weight excluding hydrogens is 378 g/mol. The number of rotatable bonds is 6. The second kappa shape index (κ2) is 8.32. The van der Waals surface area contributed by atoms with E-state index in [9.17, 15) is 0 Å². The molecule has 0 saturated heterocycles. The molecule has 130 valence electrons. The van der Waals surface area contributed by atoms with E-state index in [4.69, 9.17) is 4.74 Å². The molecule has 0 aliphatic carbocycles. The van der Waals surface area contributed by atoms with Gasteiger partial charge in [0.2, 0.25) is 0 Å². The van der Waals surface area contributed by atoms with Crippen LogP contribution in [0, 0.1) is 0 Å². The molecule has 0 unspecified atom stereocenters. The van der Waals surface area contributed by atoms with Gasteiger partial charge in [0.25, 0.3) is 0 Å². The van der Waals surface area contributed by atoms with Crippen LogP contribution in [-0.4, -0.2) is 38.4 Å². The quantitative estimate of drug-likeness (QED) is 0.780. The van der Waals surface area contributed by atoms with Crippen molar-refractivity contribution in [2.45, 2.75) is 6.54 Å². The number of allylic oxidation sites excluding steroid dienone is 1. The van der Waals surface area contributed by atoms with Crippen LogP contribution in [0.5, 0.6) is 5.75 Å². The molecular formula is C20H22BrN3O. The van der Waals surface area contributed by atoms with E-state index < -0.39 is 0 Å². The van der Waals surface area contributed by atoms with E-state index in [-0.39, 0.29) is 0 Å². The van der Waals surface area contributed by atoms with E-state index in [1.165, 1.54) is 11.1 Å². The molecule has 1 aliphatic heterocycles. The summed E-state index contributed by atoms with van der Waals surface area (Å²) in [5.41, 5.74) is 4.54. The van der Waals surface area contributed by atoms with Gasteiger partial charge in [0.1, 0.15) is 12.4 Å². The zero-order valence-electron chi connectivity index (χ0n) is 14.5.